The van der Waals surface area contributed by atoms with Gasteiger partial charge in [0.25, 0.3) is 0 Å². The van der Waals surface area contributed by atoms with Gasteiger partial charge in [-0.2, -0.15) is 0 Å². The van der Waals surface area contributed by atoms with E-state index in [2.05, 4.69) is 4.90 Å². The molecule has 1 amide bonds. The van der Waals surface area contributed by atoms with Crippen LogP contribution in [0.25, 0.3) is 0 Å². The van der Waals surface area contributed by atoms with E-state index in [1.54, 1.807) is 0 Å². The number of piperidine rings is 3. The summed E-state index contributed by atoms with van der Waals surface area (Å²) in [5.74, 6) is 1.63. The number of nitrogens with zero attached hydrogens (tertiary/aromatic N) is 2. The fourth-order valence-electron chi connectivity index (χ4n) is 3.27. The third-order valence-corrected chi connectivity index (χ3v) is 3.82. The molecule has 0 radical (unpaired) electrons. The van der Waals surface area contributed by atoms with E-state index in [1.165, 1.54) is 19.5 Å². The predicted molar refractivity (Wildman–Crippen MR) is 44.6 cm³/mol. The molecule has 4 bridgehead atoms. The van der Waals surface area contributed by atoms with Crippen LogP contribution in [0.15, 0.2) is 0 Å². The van der Waals surface area contributed by atoms with E-state index in [0.717, 1.165) is 31.3 Å². The Morgan fingerprint density at radius 3 is 2.83 bits per heavy atom. The van der Waals surface area contributed by atoms with Gasteiger partial charge in [0.15, 0.2) is 0 Å². The Balaban J connectivity index is 1.91. The number of likely N-dealkylation sites (tertiary alicyclic amines) is 1. The molecule has 4 rings (SSSR count). The highest BCUT2D eigenvalue weighted by atomic mass is 16.1. The van der Waals surface area contributed by atoms with E-state index in [0.29, 0.717) is 6.04 Å². The van der Waals surface area contributed by atoms with Crippen LogP contribution in [0.4, 0.5) is 0 Å². The molecule has 1 unspecified atom stereocenters. The van der Waals surface area contributed by atoms with Crippen LogP contribution in [-0.4, -0.2) is 48.4 Å². The van der Waals surface area contributed by atoms with Gasteiger partial charge in [-0.15, -0.1) is 0 Å². The van der Waals surface area contributed by atoms with E-state index in [4.69, 9.17) is 0 Å². The van der Waals surface area contributed by atoms with Gasteiger partial charge in [-0.3, -0.25) is 4.79 Å². The van der Waals surface area contributed by atoms with Gasteiger partial charge in [-0.1, -0.05) is 0 Å². The number of hydrogen-bond donors (Lipinski definition) is 0. The highest BCUT2D eigenvalue weighted by molar-refractivity contribution is 5.49. The van der Waals surface area contributed by atoms with Crippen molar-refractivity contribution in [3.63, 3.8) is 0 Å². The molecule has 4 fully saturated rings. The van der Waals surface area contributed by atoms with Crippen molar-refractivity contribution in [1.29, 1.82) is 0 Å². The van der Waals surface area contributed by atoms with Gasteiger partial charge in [-0.05, 0) is 24.8 Å². The molecule has 4 heterocycles. The molecular formula is C9H14N2O. The molecule has 4 aliphatic heterocycles. The quantitative estimate of drug-likeness (QED) is 0.503. The van der Waals surface area contributed by atoms with Gasteiger partial charge in [0.2, 0.25) is 6.41 Å². The molecule has 0 aromatic rings. The smallest absolute Gasteiger partial charge is 0.210 e. The monoisotopic (exact) mass is 166 g/mol. The topological polar surface area (TPSA) is 23.6 Å². The second-order valence-corrected chi connectivity index (χ2v) is 4.34. The summed E-state index contributed by atoms with van der Waals surface area (Å²) in [6.45, 7) is 4.67. The van der Waals surface area contributed by atoms with Crippen LogP contribution in [0.5, 0.6) is 0 Å². The van der Waals surface area contributed by atoms with Crippen LogP contribution >= 0.6 is 0 Å². The lowest BCUT2D eigenvalue weighted by molar-refractivity contribution is -0.119. The van der Waals surface area contributed by atoms with Gasteiger partial charge in [0, 0.05) is 25.7 Å². The van der Waals surface area contributed by atoms with Crippen LogP contribution in [0.2, 0.25) is 0 Å². The number of hydrogen-bond acceptors (Lipinski definition) is 2. The molecule has 3 heteroatoms. The lowest BCUT2D eigenvalue weighted by atomic mass is 9.80. The van der Waals surface area contributed by atoms with Crippen LogP contribution in [0, 0.1) is 11.8 Å². The molecule has 0 spiro atoms. The molecule has 0 N–H and O–H groups in total. The Hall–Kier alpha value is -0.570. The van der Waals surface area contributed by atoms with Crippen LogP contribution in [0.3, 0.4) is 0 Å². The standard InChI is InChI=1S/C9H14N2O/c12-6-11-4-7-3-10-2-1-8(7)9(11)5-10/h6-9H,1-5H2/t7-,8-,9-/m1/s1. The fraction of sp³-hybridized carbons (Fsp3) is 0.889. The highest BCUT2D eigenvalue weighted by Crippen LogP contribution is 2.40. The number of fused-ring (bicyclic) bond motifs is 1. The maximum Gasteiger partial charge on any atom is 0.210 e. The molecule has 0 aromatic heterocycles. The maximum absolute atomic E-state index is 10.7. The van der Waals surface area contributed by atoms with Crippen molar-refractivity contribution in [3.05, 3.63) is 0 Å². The average Bonchev–Trinajstić information content (AvgIpc) is 2.39. The lowest BCUT2D eigenvalue weighted by Crippen LogP contribution is -2.53. The Bertz CT molecular complexity index is 219. The lowest BCUT2D eigenvalue weighted by Gasteiger charge is -2.44. The number of amides is 1. The van der Waals surface area contributed by atoms with Crippen molar-refractivity contribution >= 4 is 6.41 Å². The van der Waals surface area contributed by atoms with Crippen molar-refractivity contribution in [2.24, 2.45) is 11.8 Å². The summed E-state index contributed by atoms with van der Waals surface area (Å²) in [5, 5.41) is 0. The normalized spacial score (nSPS) is 49.8. The summed E-state index contributed by atoms with van der Waals surface area (Å²) in [7, 11) is 0. The molecule has 0 saturated carbocycles. The minimum atomic E-state index is 0.565. The van der Waals surface area contributed by atoms with E-state index >= 15 is 0 Å². The second-order valence-electron chi connectivity index (χ2n) is 4.34. The first-order valence-corrected chi connectivity index (χ1v) is 4.82. The first kappa shape index (κ1) is 6.89. The molecular weight excluding hydrogens is 152 g/mol. The van der Waals surface area contributed by atoms with Gasteiger partial charge in [0.05, 0.1) is 0 Å². The van der Waals surface area contributed by atoms with Crippen molar-refractivity contribution in [3.8, 4) is 0 Å². The number of carbonyl (C=O) groups excluding carboxylic acids is 1. The predicted octanol–water partition coefficient (Wildman–Crippen LogP) is -0.221. The van der Waals surface area contributed by atoms with E-state index < -0.39 is 0 Å². The highest BCUT2D eigenvalue weighted by Gasteiger charge is 2.48. The summed E-state index contributed by atoms with van der Waals surface area (Å²) in [5.41, 5.74) is 0. The average molecular weight is 166 g/mol. The molecule has 0 aromatic carbocycles. The molecule has 12 heavy (non-hydrogen) atoms. The van der Waals surface area contributed by atoms with Gasteiger partial charge in [-0.25, -0.2) is 0 Å². The van der Waals surface area contributed by atoms with Crippen LogP contribution in [-0.2, 0) is 4.79 Å². The van der Waals surface area contributed by atoms with Gasteiger partial charge < -0.3 is 9.80 Å². The Morgan fingerprint density at radius 1 is 1.25 bits per heavy atom. The summed E-state index contributed by atoms with van der Waals surface area (Å²) in [6, 6.07) is 0.565. The summed E-state index contributed by atoms with van der Waals surface area (Å²) in [6.07, 6.45) is 2.37. The van der Waals surface area contributed by atoms with Gasteiger partial charge >= 0.3 is 0 Å². The van der Waals surface area contributed by atoms with E-state index in [-0.39, 0.29) is 0 Å². The Kier molecular flexibility index (Phi) is 1.28. The molecule has 0 aliphatic carbocycles. The fourth-order valence-corrected chi connectivity index (χ4v) is 3.27. The zero-order valence-electron chi connectivity index (χ0n) is 7.15. The first-order chi connectivity index (χ1) is 5.88. The molecule has 4 saturated heterocycles. The van der Waals surface area contributed by atoms with Crippen molar-refractivity contribution in [2.45, 2.75) is 12.5 Å². The number of rotatable bonds is 1. The molecule has 4 aliphatic rings. The zero-order chi connectivity index (χ0) is 8.13. The molecule has 3 nitrogen and oxygen atoms in total. The molecule has 66 valence electrons. The Morgan fingerprint density at radius 2 is 2.17 bits per heavy atom. The second kappa shape index (κ2) is 2.22. The largest absolute Gasteiger partial charge is 0.340 e. The minimum Gasteiger partial charge on any atom is -0.340 e. The van der Waals surface area contributed by atoms with Gasteiger partial charge in [0.1, 0.15) is 0 Å². The maximum atomic E-state index is 10.7. The van der Waals surface area contributed by atoms with Crippen LogP contribution < -0.4 is 0 Å². The van der Waals surface area contributed by atoms with Crippen molar-refractivity contribution in [1.82, 2.24) is 9.80 Å². The number of carbonyl (C=O) groups is 1. The summed E-state index contributed by atoms with van der Waals surface area (Å²) < 4.78 is 0. The SMILES string of the molecule is O=CN1C[C@H]2CN3CC[C@H]2[C@H]1C3. The van der Waals surface area contributed by atoms with Crippen LogP contribution in [0.1, 0.15) is 6.42 Å². The van der Waals surface area contributed by atoms with E-state index in [1.807, 2.05) is 4.90 Å². The summed E-state index contributed by atoms with van der Waals surface area (Å²) >= 11 is 0. The third kappa shape index (κ3) is 0.724. The minimum absolute atomic E-state index is 0.565. The summed E-state index contributed by atoms with van der Waals surface area (Å²) in [4.78, 5) is 15.3. The third-order valence-electron chi connectivity index (χ3n) is 3.82. The molecule has 4 atom stereocenters. The van der Waals surface area contributed by atoms with Crippen molar-refractivity contribution < 1.29 is 4.79 Å². The van der Waals surface area contributed by atoms with Crippen molar-refractivity contribution in [2.75, 3.05) is 26.2 Å². The van der Waals surface area contributed by atoms with E-state index in [9.17, 15) is 4.79 Å². The first-order valence-electron chi connectivity index (χ1n) is 4.82. The zero-order valence-corrected chi connectivity index (χ0v) is 7.15. The Labute approximate surface area is 72.3 Å².